The zero-order valence-electron chi connectivity index (χ0n) is 30.4. The molecule has 5 atom stereocenters. The Balaban J connectivity index is 1.28. The third-order valence-corrected chi connectivity index (χ3v) is 12.5. The third-order valence-electron chi connectivity index (χ3n) is 10.7. The quantitative estimate of drug-likeness (QED) is 0.254. The van der Waals surface area contributed by atoms with Crippen molar-refractivity contribution in [1.29, 1.82) is 0 Å². The highest BCUT2D eigenvalue weighted by atomic mass is 32.2. The number of sulfonamides is 1. The van der Waals surface area contributed by atoms with Gasteiger partial charge in [-0.2, -0.15) is 4.31 Å². The number of carbonyl (C=O) groups is 1. The molecule has 3 fully saturated rings. The van der Waals surface area contributed by atoms with Gasteiger partial charge in [-0.05, 0) is 76.3 Å². The summed E-state index contributed by atoms with van der Waals surface area (Å²) in [5.41, 5.74) is -0.0820. The fourth-order valence-corrected chi connectivity index (χ4v) is 10.0. The molecule has 5 heterocycles. The summed E-state index contributed by atoms with van der Waals surface area (Å²) in [6, 6.07) is 12.1. The van der Waals surface area contributed by atoms with Crippen molar-refractivity contribution in [1.82, 2.24) is 14.4 Å². The monoisotopic (exact) mass is 741 g/mol. The molecule has 0 aliphatic carbocycles. The molecule has 1 aromatic heterocycles. The van der Waals surface area contributed by atoms with E-state index in [1.165, 1.54) is 21.3 Å². The smallest absolute Gasteiger partial charge is 0.410 e. The van der Waals surface area contributed by atoms with Gasteiger partial charge in [-0.3, -0.25) is 4.90 Å². The minimum Gasteiger partial charge on any atom is -0.489 e. The summed E-state index contributed by atoms with van der Waals surface area (Å²) in [6.07, 6.45) is -1.62. The molecule has 3 aromatic rings. The predicted molar refractivity (Wildman–Crippen MR) is 185 cm³/mol. The van der Waals surface area contributed by atoms with Crippen molar-refractivity contribution in [2.75, 3.05) is 33.1 Å². The molecular weight excluding hydrogens is 694 g/mol. The number of nitrogens with zero attached hydrogens (tertiary/aromatic N) is 3. The fraction of sp³-hybridized carbons (Fsp3) is 0.568. The molecule has 0 spiro atoms. The molecule has 15 heteroatoms. The molecule has 4 aliphatic heterocycles. The van der Waals surface area contributed by atoms with Crippen LogP contribution in [-0.4, -0.2) is 90.7 Å². The van der Waals surface area contributed by atoms with Crippen molar-refractivity contribution >= 4 is 16.1 Å². The molecule has 1 N–H and O–H groups in total. The molecular formula is C37H47N3O11S. The number of aryl methyl sites for hydroxylation is 2. The molecule has 1 amide bonds. The zero-order valence-corrected chi connectivity index (χ0v) is 31.2. The van der Waals surface area contributed by atoms with Crippen LogP contribution < -0.4 is 14.2 Å². The lowest BCUT2D eigenvalue weighted by molar-refractivity contribution is -0.0907. The number of rotatable bonds is 12. The van der Waals surface area contributed by atoms with E-state index in [1.54, 1.807) is 19.9 Å². The Labute approximate surface area is 303 Å². The molecule has 2 aromatic carbocycles. The summed E-state index contributed by atoms with van der Waals surface area (Å²) in [4.78, 5) is 15.0. The van der Waals surface area contributed by atoms with Gasteiger partial charge in [-0.1, -0.05) is 31.1 Å². The first-order chi connectivity index (χ1) is 24.7. The number of ether oxygens (including phenoxy) is 6. The maximum atomic E-state index is 14.5. The van der Waals surface area contributed by atoms with E-state index in [-0.39, 0.29) is 62.2 Å². The highest BCUT2D eigenvalue weighted by Gasteiger charge is 2.67. The van der Waals surface area contributed by atoms with Crippen LogP contribution in [0, 0.1) is 31.6 Å². The van der Waals surface area contributed by atoms with Crippen molar-refractivity contribution in [2.45, 2.75) is 89.5 Å². The lowest BCUT2D eigenvalue weighted by Gasteiger charge is -2.47. The molecule has 0 unspecified atom stereocenters. The summed E-state index contributed by atoms with van der Waals surface area (Å²) in [6.45, 7) is 12.1. The lowest BCUT2D eigenvalue weighted by Crippen LogP contribution is -2.65. The Morgan fingerprint density at radius 3 is 2.54 bits per heavy atom. The topological polar surface area (TPSA) is 159 Å². The van der Waals surface area contributed by atoms with Gasteiger partial charge in [0, 0.05) is 31.0 Å². The van der Waals surface area contributed by atoms with Gasteiger partial charge < -0.3 is 38.1 Å². The van der Waals surface area contributed by atoms with Crippen molar-refractivity contribution in [3.63, 3.8) is 0 Å². The van der Waals surface area contributed by atoms with Crippen LogP contribution >= 0.6 is 0 Å². The predicted octanol–water partition coefficient (Wildman–Crippen LogP) is 5.35. The highest BCUT2D eigenvalue weighted by molar-refractivity contribution is 7.89. The molecule has 52 heavy (non-hydrogen) atoms. The molecule has 3 saturated heterocycles. The van der Waals surface area contributed by atoms with Gasteiger partial charge in [-0.15, -0.1) is 0 Å². The number of amides is 1. The maximum Gasteiger partial charge on any atom is 0.410 e. The van der Waals surface area contributed by atoms with Crippen molar-refractivity contribution < 1.29 is 51.3 Å². The van der Waals surface area contributed by atoms with Gasteiger partial charge in [0.05, 0.1) is 41.0 Å². The summed E-state index contributed by atoms with van der Waals surface area (Å²) >= 11 is 0. The van der Waals surface area contributed by atoms with Gasteiger partial charge >= 0.3 is 6.09 Å². The van der Waals surface area contributed by atoms with Gasteiger partial charge in [-0.25, -0.2) is 13.2 Å². The standard InChI is InChI=1S/C37H47N3O11S/c1-22(2)17-39(52(43,44)27-11-12-31-32(15-27)49-21-48-31)18-33-37(40(35(41)42)36(5,6)50-33,30-20-47-34-28(30)13-14-45-34)16-25-7-9-26(10-8-25)46-19-29-23(3)38-51-24(29)4/h7-12,15,22,28,30,33-34H,13-14,16-21H2,1-6H3,(H,41,42)/t28-,30+,33+,34+,37-/m0/s1. The number of hydrogen-bond acceptors (Lipinski definition) is 11. The fourth-order valence-electron chi connectivity index (χ4n) is 8.40. The van der Waals surface area contributed by atoms with Crippen molar-refractivity contribution in [3.8, 4) is 17.2 Å². The molecule has 282 valence electrons. The molecule has 0 saturated carbocycles. The van der Waals surface area contributed by atoms with Crippen LogP contribution in [0.2, 0.25) is 0 Å². The van der Waals surface area contributed by atoms with Gasteiger partial charge in [0.2, 0.25) is 16.8 Å². The third kappa shape index (κ3) is 6.50. The number of benzene rings is 2. The van der Waals surface area contributed by atoms with E-state index in [4.69, 9.17) is 32.9 Å². The first kappa shape index (κ1) is 36.5. The number of carboxylic acid groups (broad SMARTS) is 1. The highest BCUT2D eigenvalue weighted by Crippen LogP contribution is 2.53. The minimum atomic E-state index is -4.11. The second kappa shape index (κ2) is 13.8. The van der Waals surface area contributed by atoms with Crippen LogP contribution in [0.1, 0.15) is 56.7 Å². The van der Waals surface area contributed by atoms with Crippen LogP contribution in [0.5, 0.6) is 17.2 Å². The van der Waals surface area contributed by atoms with E-state index in [1.807, 2.05) is 52.0 Å². The van der Waals surface area contributed by atoms with Crippen LogP contribution in [0.15, 0.2) is 51.9 Å². The summed E-state index contributed by atoms with van der Waals surface area (Å²) in [5, 5.41) is 15.0. The molecule has 7 rings (SSSR count). The van der Waals surface area contributed by atoms with Gasteiger partial charge in [0.1, 0.15) is 23.8 Å². The van der Waals surface area contributed by atoms with Crippen LogP contribution in [-0.2, 0) is 37.3 Å². The average molecular weight is 742 g/mol. The Bertz CT molecular complexity index is 1880. The van der Waals surface area contributed by atoms with Gasteiger partial charge in [0.25, 0.3) is 0 Å². The normalized spacial score (nSPS) is 26.4. The second-order valence-corrected chi connectivity index (χ2v) is 16.9. The number of fused-ring (bicyclic) bond motifs is 2. The maximum absolute atomic E-state index is 14.5. The first-order valence-corrected chi connectivity index (χ1v) is 19.1. The van der Waals surface area contributed by atoms with Gasteiger partial charge in [0.15, 0.2) is 17.8 Å². The Morgan fingerprint density at radius 2 is 1.85 bits per heavy atom. The number of hydrogen-bond donors (Lipinski definition) is 1. The Kier molecular flexibility index (Phi) is 9.70. The molecule has 0 bridgehead atoms. The van der Waals surface area contributed by atoms with E-state index in [2.05, 4.69) is 5.16 Å². The summed E-state index contributed by atoms with van der Waals surface area (Å²) in [5.74, 6) is 1.60. The van der Waals surface area contributed by atoms with E-state index in [0.717, 1.165) is 16.8 Å². The van der Waals surface area contributed by atoms with E-state index in [9.17, 15) is 18.3 Å². The number of aromatic nitrogens is 1. The largest absolute Gasteiger partial charge is 0.489 e. The molecule has 4 aliphatic rings. The summed E-state index contributed by atoms with van der Waals surface area (Å²) < 4.78 is 71.6. The van der Waals surface area contributed by atoms with Crippen molar-refractivity contribution in [2.24, 2.45) is 17.8 Å². The summed E-state index contributed by atoms with van der Waals surface area (Å²) in [7, 11) is -4.11. The first-order valence-electron chi connectivity index (χ1n) is 17.7. The van der Waals surface area contributed by atoms with E-state index >= 15 is 0 Å². The Morgan fingerprint density at radius 1 is 1.10 bits per heavy atom. The average Bonchev–Trinajstić information content (AvgIpc) is 3.90. The van der Waals surface area contributed by atoms with Crippen LogP contribution in [0.25, 0.3) is 0 Å². The molecule has 0 radical (unpaired) electrons. The SMILES string of the molecule is Cc1noc(C)c1COc1ccc(C[C@]2([C@@H]3CO[C@H]4OCC[C@H]43)[C@@H](CN(CC(C)C)S(=O)(=O)c3ccc4c(c3)OCO4)OC(C)(C)N2C(=O)O)cc1. The second-order valence-electron chi connectivity index (χ2n) is 14.9. The Hall–Kier alpha value is -3.89. The van der Waals surface area contributed by atoms with E-state index < -0.39 is 39.8 Å². The van der Waals surface area contributed by atoms with Crippen LogP contribution in [0.3, 0.4) is 0 Å². The van der Waals surface area contributed by atoms with Crippen molar-refractivity contribution in [3.05, 3.63) is 65.0 Å². The minimum absolute atomic E-state index is 0.0106. The molecule has 14 nitrogen and oxygen atoms in total. The zero-order chi connectivity index (χ0) is 37.0. The van der Waals surface area contributed by atoms with Crippen LogP contribution in [0.4, 0.5) is 4.79 Å². The lowest BCUT2D eigenvalue weighted by atomic mass is 9.69. The van der Waals surface area contributed by atoms with E-state index in [0.29, 0.717) is 36.0 Å².